The molecule has 1 aromatic carbocycles. The lowest BCUT2D eigenvalue weighted by atomic mass is 10.0. The van der Waals surface area contributed by atoms with E-state index in [-0.39, 0.29) is 30.1 Å². The van der Waals surface area contributed by atoms with Gasteiger partial charge in [-0.25, -0.2) is 14.8 Å². The molecule has 13 heteroatoms. The highest BCUT2D eigenvalue weighted by atomic mass is 35.5. The molecule has 2 unspecified atom stereocenters. The number of methoxy groups -OCH3 is 1. The van der Waals surface area contributed by atoms with Crippen LogP contribution in [-0.4, -0.2) is 85.9 Å². The van der Waals surface area contributed by atoms with E-state index in [1.165, 1.54) is 30.2 Å². The lowest BCUT2D eigenvalue weighted by Crippen LogP contribution is -2.62. The first kappa shape index (κ1) is 25.5. The van der Waals surface area contributed by atoms with Crippen LogP contribution in [0.25, 0.3) is 11.4 Å². The van der Waals surface area contributed by atoms with Crippen molar-refractivity contribution >= 4 is 35.4 Å². The quantitative estimate of drug-likeness (QED) is 0.523. The minimum atomic E-state index is -0.913. The highest BCUT2D eigenvalue weighted by molar-refractivity contribution is 6.30. The van der Waals surface area contributed by atoms with Crippen molar-refractivity contribution in [3.63, 3.8) is 0 Å². The summed E-state index contributed by atoms with van der Waals surface area (Å²) >= 11 is 6.18. The minimum Gasteiger partial charge on any atom is -0.480 e. The third kappa shape index (κ3) is 3.83. The Kier molecular flexibility index (Phi) is 6.22. The molecule has 2 aliphatic heterocycles. The zero-order valence-corrected chi connectivity index (χ0v) is 22.3. The fraction of sp³-hybridized carbons (Fsp3) is 0.360. The van der Waals surface area contributed by atoms with Crippen LogP contribution in [0, 0.1) is 0 Å². The molecule has 3 aromatic rings. The summed E-state index contributed by atoms with van der Waals surface area (Å²) in [5.41, 5.74) is 7.78. The Balaban J connectivity index is 1.74. The highest BCUT2D eigenvalue weighted by Gasteiger charge is 2.51. The van der Waals surface area contributed by atoms with Crippen molar-refractivity contribution in [2.45, 2.75) is 32.0 Å². The van der Waals surface area contributed by atoms with Crippen molar-refractivity contribution in [2.75, 3.05) is 33.5 Å². The van der Waals surface area contributed by atoms with Crippen LogP contribution in [0.2, 0.25) is 5.02 Å². The fourth-order valence-electron chi connectivity index (χ4n) is 5.12. The molecule has 1 saturated heterocycles. The van der Waals surface area contributed by atoms with E-state index < -0.39 is 29.9 Å². The summed E-state index contributed by atoms with van der Waals surface area (Å²) in [5.74, 6) is -0.186. The van der Waals surface area contributed by atoms with E-state index in [1.54, 1.807) is 19.2 Å². The first-order valence-electron chi connectivity index (χ1n) is 11.9. The summed E-state index contributed by atoms with van der Waals surface area (Å²) in [6.45, 7) is 3.98. The number of imide groups is 1. The van der Waals surface area contributed by atoms with Crippen LogP contribution in [0.5, 0.6) is 5.88 Å². The molecular formula is C25H27ClN8O4. The maximum atomic E-state index is 14.1. The van der Waals surface area contributed by atoms with E-state index in [9.17, 15) is 14.4 Å². The Bertz CT molecular complexity index is 1450. The molecule has 0 bridgehead atoms. The van der Waals surface area contributed by atoms with Gasteiger partial charge in [0, 0.05) is 31.4 Å². The summed E-state index contributed by atoms with van der Waals surface area (Å²) in [6.07, 6.45) is 1.51. The molecule has 12 nitrogen and oxygen atoms in total. The van der Waals surface area contributed by atoms with Crippen LogP contribution >= 0.6 is 11.6 Å². The van der Waals surface area contributed by atoms with Gasteiger partial charge in [0.25, 0.3) is 11.8 Å². The van der Waals surface area contributed by atoms with Gasteiger partial charge in [-0.2, -0.15) is 4.98 Å². The molecule has 198 valence electrons. The number of amides is 4. The second-order valence-corrected chi connectivity index (χ2v) is 9.96. The second kappa shape index (κ2) is 9.28. The average molecular weight is 539 g/mol. The standard InChI is InChI=1S/C25H27ClN8O4/c1-12(2)33-19-17(29-20(33)15-10-28-24(27)30-21(15)38-5)23(36)34(18(19)13-6-8-14(26)9-7-13)16-11-31(3)25(37)32(4)22(16)35/h6-10,12,16,18H,11H2,1-5H3,(H2,27,28,30). The van der Waals surface area contributed by atoms with Gasteiger partial charge in [-0.3, -0.25) is 14.5 Å². The predicted molar refractivity (Wildman–Crippen MR) is 139 cm³/mol. The predicted octanol–water partition coefficient (Wildman–Crippen LogP) is 2.60. The number of halogens is 1. The van der Waals surface area contributed by atoms with Crippen LogP contribution in [0.4, 0.5) is 10.7 Å². The number of urea groups is 1. The Morgan fingerprint density at radius 2 is 1.79 bits per heavy atom. The zero-order valence-electron chi connectivity index (χ0n) is 21.5. The Morgan fingerprint density at radius 3 is 2.42 bits per heavy atom. The van der Waals surface area contributed by atoms with E-state index in [0.29, 0.717) is 22.1 Å². The number of likely N-dealkylation sites (N-methyl/N-ethyl adjacent to an activating group) is 2. The first-order valence-corrected chi connectivity index (χ1v) is 12.3. The number of aromatic nitrogens is 4. The van der Waals surface area contributed by atoms with Gasteiger partial charge in [0.15, 0.2) is 5.69 Å². The number of hydrogen-bond acceptors (Lipinski definition) is 8. The summed E-state index contributed by atoms with van der Waals surface area (Å²) in [7, 11) is 4.48. The van der Waals surface area contributed by atoms with E-state index in [4.69, 9.17) is 27.1 Å². The van der Waals surface area contributed by atoms with Gasteiger partial charge in [0.1, 0.15) is 17.9 Å². The normalized spacial score (nSPS) is 19.6. The van der Waals surface area contributed by atoms with Gasteiger partial charge in [0.2, 0.25) is 11.8 Å². The summed E-state index contributed by atoms with van der Waals surface area (Å²) < 4.78 is 7.38. The third-order valence-corrected chi connectivity index (χ3v) is 7.09. The number of ether oxygens (including phenoxy) is 1. The van der Waals surface area contributed by atoms with Crippen molar-refractivity contribution < 1.29 is 19.1 Å². The smallest absolute Gasteiger partial charge is 0.326 e. The maximum absolute atomic E-state index is 14.1. The van der Waals surface area contributed by atoms with Crippen molar-refractivity contribution in [3.05, 3.63) is 52.4 Å². The number of benzene rings is 1. The van der Waals surface area contributed by atoms with Crippen LogP contribution < -0.4 is 10.5 Å². The van der Waals surface area contributed by atoms with Gasteiger partial charge in [0.05, 0.1) is 24.9 Å². The van der Waals surface area contributed by atoms with E-state index in [2.05, 4.69) is 9.97 Å². The largest absolute Gasteiger partial charge is 0.480 e. The average Bonchev–Trinajstić information content (AvgIpc) is 3.40. The first-order chi connectivity index (χ1) is 18.0. The molecule has 2 atom stereocenters. The SMILES string of the molecule is COc1nc(N)ncc1-c1nc2c(n1C(C)C)C(c1ccc(Cl)cc1)N(C1CN(C)C(=O)N(C)C1=O)C2=O. The Labute approximate surface area is 224 Å². The number of nitrogen functional groups attached to an aromatic ring is 1. The molecule has 0 aliphatic carbocycles. The molecule has 0 radical (unpaired) electrons. The molecule has 2 aromatic heterocycles. The van der Waals surface area contributed by atoms with Crippen molar-refractivity contribution in [1.82, 2.24) is 34.2 Å². The van der Waals surface area contributed by atoms with Crippen LogP contribution in [0.15, 0.2) is 30.5 Å². The molecule has 4 amide bonds. The van der Waals surface area contributed by atoms with Gasteiger partial charge < -0.3 is 24.8 Å². The zero-order chi connectivity index (χ0) is 27.5. The van der Waals surface area contributed by atoms with Gasteiger partial charge >= 0.3 is 6.03 Å². The molecule has 2 aliphatic rings. The van der Waals surface area contributed by atoms with Crippen molar-refractivity contribution in [2.24, 2.45) is 0 Å². The molecule has 2 N–H and O–H groups in total. The molecular weight excluding hydrogens is 512 g/mol. The third-order valence-electron chi connectivity index (χ3n) is 6.84. The highest BCUT2D eigenvalue weighted by Crippen LogP contribution is 2.45. The lowest BCUT2D eigenvalue weighted by molar-refractivity contribution is -0.135. The molecule has 5 rings (SSSR count). The number of rotatable bonds is 5. The number of fused-ring (bicyclic) bond motifs is 1. The summed E-state index contributed by atoms with van der Waals surface area (Å²) in [6, 6.07) is 4.93. The van der Waals surface area contributed by atoms with Crippen LogP contribution in [0.1, 0.15) is 47.7 Å². The second-order valence-electron chi connectivity index (χ2n) is 9.53. The number of carbonyl (C=O) groups is 3. The van der Waals surface area contributed by atoms with Crippen LogP contribution in [-0.2, 0) is 4.79 Å². The molecule has 4 heterocycles. The lowest BCUT2D eigenvalue weighted by Gasteiger charge is -2.41. The number of carbonyl (C=O) groups excluding carboxylic acids is 3. The topological polar surface area (TPSA) is 140 Å². The van der Waals surface area contributed by atoms with Gasteiger partial charge in [-0.1, -0.05) is 23.7 Å². The van der Waals surface area contributed by atoms with Gasteiger partial charge in [-0.15, -0.1) is 0 Å². The van der Waals surface area contributed by atoms with Gasteiger partial charge in [-0.05, 0) is 31.5 Å². The summed E-state index contributed by atoms with van der Waals surface area (Å²) in [4.78, 5) is 56.9. The molecule has 0 spiro atoms. The number of hydrogen-bond donors (Lipinski definition) is 1. The monoisotopic (exact) mass is 538 g/mol. The summed E-state index contributed by atoms with van der Waals surface area (Å²) in [5, 5.41) is 0.533. The molecule has 0 saturated carbocycles. The molecule has 1 fully saturated rings. The number of anilines is 1. The number of nitrogens with two attached hydrogens (primary N) is 1. The van der Waals surface area contributed by atoms with Crippen molar-refractivity contribution in [3.8, 4) is 17.3 Å². The number of imidazole rings is 1. The molecule has 38 heavy (non-hydrogen) atoms. The van der Waals surface area contributed by atoms with E-state index in [1.807, 2.05) is 30.5 Å². The van der Waals surface area contributed by atoms with Crippen LogP contribution in [0.3, 0.4) is 0 Å². The van der Waals surface area contributed by atoms with E-state index >= 15 is 0 Å². The minimum absolute atomic E-state index is 0.0423. The Morgan fingerprint density at radius 1 is 1.11 bits per heavy atom. The number of nitrogens with zero attached hydrogens (tertiary/aromatic N) is 7. The van der Waals surface area contributed by atoms with Crippen molar-refractivity contribution in [1.29, 1.82) is 0 Å². The van der Waals surface area contributed by atoms with E-state index in [0.717, 1.165) is 10.5 Å². The fourth-order valence-corrected chi connectivity index (χ4v) is 5.24. The maximum Gasteiger partial charge on any atom is 0.326 e. The Hall–Kier alpha value is -4.19.